The number of rotatable bonds is 5. The zero-order valence-electron chi connectivity index (χ0n) is 13.5. The Labute approximate surface area is 133 Å². The molecule has 6 nitrogen and oxygen atoms in total. The third kappa shape index (κ3) is 3.41. The summed E-state index contributed by atoms with van der Waals surface area (Å²) in [6.07, 6.45) is -0.887. The van der Waals surface area contributed by atoms with Gasteiger partial charge in [0.1, 0.15) is 11.3 Å². The summed E-state index contributed by atoms with van der Waals surface area (Å²) in [5, 5.41) is 0.644. The van der Waals surface area contributed by atoms with Crippen LogP contribution >= 0.6 is 0 Å². The number of carbonyl (C=O) groups is 2. The maximum atomic E-state index is 12.0. The summed E-state index contributed by atoms with van der Waals surface area (Å²) >= 11 is 0. The average molecular weight is 318 g/mol. The zero-order valence-corrected chi connectivity index (χ0v) is 13.5. The number of benzene rings is 1. The minimum Gasteiger partial charge on any atom is -0.478 e. The third-order valence-corrected chi connectivity index (χ3v) is 3.36. The van der Waals surface area contributed by atoms with Crippen molar-refractivity contribution in [3.8, 4) is 5.75 Å². The molecule has 1 atom stereocenters. The van der Waals surface area contributed by atoms with Gasteiger partial charge in [-0.2, -0.15) is 0 Å². The number of Topliss-reactive ketones (excluding diaryl/α,β-unsaturated/α-hetero) is 1. The van der Waals surface area contributed by atoms with Crippen molar-refractivity contribution in [1.29, 1.82) is 0 Å². The molecule has 1 aromatic heterocycles. The van der Waals surface area contributed by atoms with Gasteiger partial charge in [0.25, 0.3) is 0 Å². The Bertz CT molecular complexity index is 818. The lowest BCUT2D eigenvalue weighted by Crippen LogP contribution is -2.26. The van der Waals surface area contributed by atoms with E-state index in [-0.39, 0.29) is 29.3 Å². The molecular formula is C17H18O6. The highest BCUT2D eigenvalue weighted by Gasteiger charge is 2.22. The maximum absolute atomic E-state index is 12.0. The Morgan fingerprint density at radius 1 is 1.30 bits per heavy atom. The Kier molecular flexibility index (Phi) is 4.83. The first-order chi connectivity index (χ1) is 10.8. The molecule has 0 radical (unpaired) electrons. The van der Waals surface area contributed by atoms with Crippen molar-refractivity contribution in [2.24, 2.45) is 0 Å². The molecule has 0 fully saturated rings. The number of hydrogen-bond donors (Lipinski definition) is 0. The van der Waals surface area contributed by atoms with Crippen LogP contribution in [0, 0.1) is 6.92 Å². The predicted octanol–water partition coefficient (Wildman–Crippen LogP) is 2.63. The van der Waals surface area contributed by atoms with E-state index < -0.39 is 17.7 Å². The van der Waals surface area contributed by atoms with Crippen LogP contribution in [-0.2, 0) is 9.53 Å². The molecule has 0 saturated carbocycles. The second-order valence-electron chi connectivity index (χ2n) is 5.13. The van der Waals surface area contributed by atoms with E-state index in [1.165, 1.54) is 19.9 Å². The van der Waals surface area contributed by atoms with E-state index >= 15 is 0 Å². The van der Waals surface area contributed by atoms with Gasteiger partial charge in [0.05, 0.1) is 6.61 Å². The molecule has 23 heavy (non-hydrogen) atoms. The molecule has 0 amide bonds. The Morgan fingerprint density at radius 3 is 2.61 bits per heavy atom. The van der Waals surface area contributed by atoms with Crippen LogP contribution in [0.3, 0.4) is 0 Å². The van der Waals surface area contributed by atoms with Gasteiger partial charge in [0.2, 0.25) is 0 Å². The Balaban J connectivity index is 2.57. The molecular weight excluding hydrogens is 300 g/mol. The highest BCUT2D eigenvalue weighted by Crippen LogP contribution is 2.30. The van der Waals surface area contributed by atoms with E-state index in [1.807, 2.05) is 0 Å². The summed E-state index contributed by atoms with van der Waals surface area (Å²) in [6.45, 7) is 6.55. The Hall–Kier alpha value is -2.63. The monoisotopic (exact) mass is 318 g/mol. The predicted molar refractivity (Wildman–Crippen MR) is 83.9 cm³/mol. The van der Waals surface area contributed by atoms with Gasteiger partial charge in [0, 0.05) is 11.5 Å². The second kappa shape index (κ2) is 6.64. The molecule has 0 aliphatic heterocycles. The second-order valence-corrected chi connectivity index (χ2v) is 5.13. The van der Waals surface area contributed by atoms with Gasteiger partial charge >= 0.3 is 11.6 Å². The average Bonchev–Trinajstić information content (AvgIpc) is 2.46. The lowest BCUT2D eigenvalue weighted by Gasteiger charge is -2.16. The van der Waals surface area contributed by atoms with Crippen molar-refractivity contribution in [3.05, 3.63) is 39.7 Å². The molecule has 1 heterocycles. The topological polar surface area (TPSA) is 82.8 Å². The fraction of sp³-hybridized carbons (Fsp3) is 0.353. The molecule has 0 unspecified atom stereocenters. The summed E-state index contributed by atoms with van der Waals surface area (Å²) < 4.78 is 15.6. The van der Waals surface area contributed by atoms with Gasteiger partial charge < -0.3 is 13.9 Å². The van der Waals surface area contributed by atoms with Crippen molar-refractivity contribution in [2.75, 3.05) is 6.61 Å². The molecule has 0 bridgehead atoms. The third-order valence-electron chi connectivity index (χ3n) is 3.36. The lowest BCUT2D eigenvalue weighted by molar-refractivity contribution is -0.150. The van der Waals surface area contributed by atoms with E-state index in [2.05, 4.69) is 0 Å². The van der Waals surface area contributed by atoms with Crippen LogP contribution in [0.1, 0.15) is 36.7 Å². The molecule has 0 N–H and O–H groups in total. The molecule has 122 valence electrons. The minimum absolute atomic E-state index is 0.138. The first-order valence-corrected chi connectivity index (χ1v) is 7.26. The van der Waals surface area contributed by atoms with Gasteiger partial charge in [-0.05, 0) is 45.4 Å². The molecule has 2 aromatic rings. The van der Waals surface area contributed by atoms with E-state index in [1.54, 1.807) is 26.0 Å². The standard InChI is InChI=1S/C17H18O6/c1-5-21-17(20)11(4)22-13-7-6-12-9(2)8-14(19)23-16(12)15(13)10(3)18/h6-8,11H,5H2,1-4H3/t11-/m0/s1. The highest BCUT2D eigenvalue weighted by molar-refractivity contribution is 6.07. The van der Waals surface area contributed by atoms with E-state index in [4.69, 9.17) is 13.9 Å². The summed E-state index contributed by atoms with van der Waals surface area (Å²) in [5.41, 5.74) is 0.451. The molecule has 0 saturated heterocycles. The summed E-state index contributed by atoms with van der Waals surface area (Å²) in [5.74, 6) is -0.678. The van der Waals surface area contributed by atoms with Crippen LogP contribution in [-0.4, -0.2) is 24.5 Å². The number of ether oxygens (including phenoxy) is 2. The number of esters is 1. The largest absolute Gasteiger partial charge is 0.478 e. The van der Waals surface area contributed by atoms with Crippen molar-refractivity contribution in [1.82, 2.24) is 0 Å². The van der Waals surface area contributed by atoms with Gasteiger partial charge in [-0.15, -0.1) is 0 Å². The molecule has 0 aliphatic carbocycles. The van der Waals surface area contributed by atoms with Crippen LogP contribution in [0.5, 0.6) is 5.75 Å². The van der Waals surface area contributed by atoms with Crippen LogP contribution in [0.25, 0.3) is 11.0 Å². The number of ketones is 1. The van der Waals surface area contributed by atoms with Crippen LogP contribution in [0.4, 0.5) is 0 Å². The molecule has 6 heteroatoms. The molecule has 2 rings (SSSR count). The first-order valence-electron chi connectivity index (χ1n) is 7.26. The van der Waals surface area contributed by atoms with E-state index in [0.29, 0.717) is 10.9 Å². The summed E-state index contributed by atoms with van der Waals surface area (Å²) in [7, 11) is 0. The van der Waals surface area contributed by atoms with E-state index in [0.717, 1.165) is 0 Å². The summed E-state index contributed by atoms with van der Waals surface area (Å²) in [6, 6.07) is 4.63. The Morgan fingerprint density at radius 2 is 2.00 bits per heavy atom. The number of carbonyl (C=O) groups excluding carboxylic acids is 2. The quantitative estimate of drug-likeness (QED) is 0.479. The van der Waals surface area contributed by atoms with Crippen LogP contribution in [0.15, 0.2) is 27.4 Å². The fourth-order valence-electron chi connectivity index (χ4n) is 2.30. The van der Waals surface area contributed by atoms with E-state index in [9.17, 15) is 14.4 Å². The van der Waals surface area contributed by atoms with Crippen molar-refractivity contribution < 1.29 is 23.5 Å². The number of aryl methyl sites for hydroxylation is 1. The number of hydrogen-bond acceptors (Lipinski definition) is 6. The van der Waals surface area contributed by atoms with Crippen LogP contribution in [0.2, 0.25) is 0 Å². The minimum atomic E-state index is -0.887. The molecule has 1 aromatic carbocycles. The van der Waals surface area contributed by atoms with Gasteiger partial charge in [-0.1, -0.05) is 0 Å². The first kappa shape index (κ1) is 16.7. The van der Waals surface area contributed by atoms with Crippen LogP contribution < -0.4 is 10.4 Å². The SMILES string of the molecule is CCOC(=O)[C@H](C)Oc1ccc2c(C)cc(=O)oc2c1C(C)=O. The van der Waals surface area contributed by atoms with Crippen molar-refractivity contribution in [2.45, 2.75) is 33.8 Å². The van der Waals surface area contributed by atoms with Crippen molar-refractivity contribution in [3.63, 3.8) is 0 Å². The zero-order chi connectivity index (χ0) is 17.1. The molecule has 0 spiro atoms. The number of fused-ring (bicyclic) bond motifs is 1. The van der Waals surface area contributed by atoms with Gasteiger partial charge in [-0.25, -0.2) is 9.59 Å². The maximum Gasteiger partial charge on any atom is 0.347 e. The normalized spacial score (nSPS) is 12.0. The van der Waals surface area contributed by atoms with Crippen molar-refractivity contribution >= 4 is 22.7 Å². The summed E-state index contributed by atoms with van der Waals surface area (Å²) in [4.78, 5) is 35.3. The molecule has 0 aliphatic rings. The lowest BCUT2D eigenvalue weighted by atomic mass is 10.0. The smallest absolute Gasteiger partial charge is 0.347 e. The van der Waals surface area contributed by atoms with Gasteiger partial charge in [0.15, 0.2) is 17.5 Å². The fourth-order valence-corrected chi connectivity index (χ4v) is 2.30. The van der Waals surface area contributed by atoms with Gasteiger partial charge in [-0.3, -0.25) is 4.79 Å². The highest BCUT2D eigenvalue weighted by atomic mass is 16.6.